The van der Waals surface area contributed by atoms with Crippen LogP contribution in [0.15, 0.2) is 18.2 Å². The Balaban J connectivity index is 1.98. The summed E-state index contributed by atoms with van der Waals surface area (Å²) in [7, 11) is 1.63. The van der Waals surface area contributed by atoms with Crippen molar-refractivity contribution in [2.75, 3.05) is 20.2 Å². The van der Waals surface area contributed by atoms with Crippen LogP contribution in [0.2, 0.25) is 0 Å². The first kappa shape index (κ1) is 13.9. The molecule has 2 rings (SSSR count). The summed E-state index contributed by atoms with van der Waals surface area (Å²) in [6.07, 6.45) is 3.45. The second-order valence-corrected chi connectivity index (χ2v) is 5.42. The van der Waals surface area contributed by atoms with Crippen LogP contribution in [0.1, 0.15) is 35.2 Å². The molecule has 4 heteroatoms. The normalized spacial score (nSPS) is 16.6. The molecule has 1 aliphatic rings. The van der Waals surface area contributed by atoms with Gasteiger partial charge in [-0.2, -0.15) is 0 Å². The molecule has 1 amide bonds. The molecule has 104 valence electrons. The smallest absolute Gasteiger partial charge is 0.251 e. The third-order valence-electron chi connectivity index (χ3n) is 4.13. The van der Waals surface area contributed by atoms with E-state index in [4.69, 9.17) is 10.5 Å². The van der Waals surface area contributed by atoms with Crippen LogP contribution in [0.4, 0.5) is 0 Å². The van der Waals surface area contributed by atoms with E-state index in [1.54, 1.807) is 13.2 Å². The van der Waals surface area contributed by atoms with E-state index in [9.17, 15) is 4.79 Å². The molecular weight excluding hydrogens is 240 g/mol. The van der Waals surface area contributed by atoms with Crippen LogP contribution >= 0.6 is 0 Å². The SMILES string of the molecule is COc1ccc(C(=O)NCC2(CN)CCC2)cc1C. The molecule has 0 heterocycles. The Bertz CT molecular complexity index is 462. The van der Waals surface area contributed by atoms with Gasteiger partial charge in [0.05, 0.1) is 7.11 Å². The zero-order valence-electron chi connectivity index (χ0n) is 11.7. The average Bonchev–Trinajstić information content (AvgIpc) is 2.37. The molecule has 0 saturated heterocycles. The molecule has 4 nitrogen and oxygen atoms in total. The van der Waals surface area contributed by atoms with Gasteiger partial charge in [-0.15, -0.1) is 0 Å². The van der Waals surface area contributed by atoms with Crippen molar-refractivity contribution in [1.29, 1.82) is 0 Å². The molecule has 1 saturated carbocycles. The number of nitrogens with one attached hydrogen (secondary N) is 1. The lowest BCUT2D eigenvalue weighted by atomic mass is 9.69. The first-order valence-electron chi connectivity index (χ1n) is 6.73. The van der Waals surface area contributed by atoms with Crippen molar-refractivity contribution in [3.63, 3.8) is 0 Å². The number of amides is 1. The molecule has 0 radical (unpaired) electrons. The number of hydrogen-bond acceptors (Lipinski definition) is 3. The van der Waals surface area contributed by atoms with Crippen molar-refractivity contribution in [2.24, 2.45) is 11.1 Å². The van der Waals surface area contributed by atoms with Crippen molar-refractivity contribution in [3.05, 3.63) is 29.3 Å². The van der Waals surface area contributed by atoms with E-state index < -0.39 is 0 Å². The summed E-state index contributed by atoms with van der Waals surface area (Å²) in [4.78, 5) is 12.1. The predicted octanol–water partition coefficient (Wildman–Crippen LogP) is 1.86. The minimum atomic E-state index is -0.0366. The molecule has 1 fully saturated rings. The molecule has 1 aliphatic carbocycles. The quantitative estimate of drug-likeness (QED) is 0.851. The van der Waals surface area contributed by atoms with E-state index in [-0.39, 0.29) is 11.3 Å². The minimum Gasteiger partial charge on any atom is -0.496 e. The van der Waals surface area contributed by atoms with Gasteiger partial charge in [0.15, 0.2) is 0 Å². The Morgan fingerprint density at radius 2 is 2.21 bits per heavy atom. The summed E-state index contributed by atoms with van der Waals surface area (Å²) in [5.74, 6) is 0.763. The van der Waals surface area contributed by atoms with Gasteiger partial charge < -0.3 is 15.8 Å². The molecule has 0 unspecified atom stereocenters. The highest BCUT2D eigenvalue weighted by Crippen LogP contribution is 2.39. The second-order valence-electron chi connectivity index (χ2n) is 5.42. The van der Waals surface area contributed by atoms with Crippen LogP contribution in [0.5, 0.6) is 5.75 Å². The maximum absolute atomic E-state index is 12.1. The Morgan fingerprint density at radius 3 is 2.68 bits per heavy atom. The van der Waals surface area contributed by atoms with Gasteiger partial charge in [0.25, 0.3) is 5.91 Å². The lowest BCUT2D eigenvalue weighted by molar-refractivity contribution is 0.0876. The third kappa shape index (κ3) is 2.89. The van der Waals surface area contributed by atoms with E-state index in [1.165, 1.54) is 6.42 Å². The molecular formula is C15H22N2O2. The number of ether oxygens (including phenoxy) is 1. The highest BCUT2D eigenvalue weighted by atomic mass is 16.5. The van der Waals surface area contributed by atoms with Crippen LogP contribution in [0.3, 0.4) is 0 Å². The number of carbonyl (C=O) groups excluding carboxylic acids is 1. The number of aryl methyl sites for hydroxylation is 1. The van der Waals surface area contributed by atoms with Crippen LogP contribution in [0, 0.1) is 12.3 Å². The predicted molar refractivity (Wildman–Crippen MR) is 75.4 cm³/mol. The Hall–Kier alpha value is -1.55. The van der Waals surface area contributed by atoms with Gasteiger partial charge >= 0.3 is 0 Å². The molecule has 19 heavy (non-hydrogen) atoms. The van der Waals surface area contributed by atoms with Gasteiger partial charge in [0.2, 0.25) is 0 Å². The number of carbonyl (C=O) groups is 1. The second kappa shape index (κ2) is 5.61. The van der Waals surface area contributed by atoms with Crippen LogP contribution in [0.25, 0.3) is 0 Å². The van der Waals surface area contributed by atoms with Gasteiger partial charge in [0.1, 0.15) is 5.75 Å². The molecule has 3 N–H and O–H groups in total. The highest BCUT2D eigenvalue weighted by molar-refractivity contribution is 5.94. The fourth-order valence-corrected chi connectivity index (χ4v) is 2.52. The lowest BCUT2D eigenvalue weighted by Crippen LogP contribution is -2.46. The van der Waals surface area contributed by atoms with Gasteiger partial charge in [-0.05, 0) is 55.5 Å². The van der Waals surface area contributed by atoms with Gasteiger partial charge in [-0.25, -0.2) is 0 Å². The molecule has 0 aliphatic heterocycles. The van der Waals surface area contributed by atoms with Gasteiger partial charge in [-0.1, -0.05) is 6.42 Å². The zero-order chi connectivity index (χ0) is 13.9. The first-order chi connectivity index (χ1) is 9.10. The average molecular weight is 262 g/mol. The monoisotopic (exact) mass is 262 g/mol. The van der Waals surface area contributed by atoms with Crippen molar-refractivity contribution in [2.45, 2.75) is 26.2 Å². The van der Waals surface area contributed by atoms with Gasteiger partial charge in [-0.3, -0.25) is 4.79 Å². The zero-order valence-corrected chi connectivity index (χ0v) is 11.7. The van der Waals surface area contributed by atoms with Crippen LogP contribution in [-0.2, 0) is 0 Å². The fourth-order valence-electron chi connectivity index (χ4n) is 2.52. The van der Waals surface area contributed by atoms with Gasteiger partial charge in [0, 0.05) is 12.1 Å². The summed E-state index contributed by atoms with van der Waals surface area (Å²) in [5, 5.41) is 3.00. The minimum absolute atomic E-state index is 0.0366. The van der Waals surface area contributed by atoms with Crippen LogP contribution < -0.4 is 15.8 Å². The van der Waals surface area contributed by atoms with E-state index in [1.807, 2.05) is 19.1 Å². The lowest BCUT2D eigenvalue weighted by Gasteiger charge is -2.41. The summed E-state index contributed by atoms with van der Waals surface area (Å²) in [5.41, 5.74) is 7.56. The summed E-state index contributed by atoms with van der Waals surface area (Å²) >= 11 is 0. The topological polar surface area (TPSA) is 64.3 Å². The number of methoxy groups -OCH3 is 1. The van der Waals surface area contributed by atoms with Crippen molar-refractivity contribution in [3.8, 4) is 5.75 Å². The standard InChI is InChI=1S/C15H22N2O2/c1-11-8-12(4-5-13(11)19-2)14(18)17-10-15(9-16)6-3-7-15/h4-5,8H,3,6-7,9-10,16H2,1-2H3,(H,17,18). The van der Waals surface area contributed by atoms with E-state index in [2.05, 4.69) is 5.32 Å². The highest BCUT2D eigenvalue weighted by Gasteiger charge is 2.35. The number of benzene rings is 1. The molecule has 0 spiro atoms. The number of hydrogen-bond donors (Lipinski definition) is 2. The summed E-state index contributed by atoms with van der Waals surface area (Å²) < 4.78 is 5.19. The van der Waals surface area contributed by atoms with Crippen molar-refractivity contribution >= 4 is 5.91 Å². The fraction of sp³-hybridized carbons (Fsp3) is 0.533. The molecule has 1 aromatic carbocycles. The van der Waals surface area contributed by atoms with E-state index in [0.29, 0.717) is 18.7 Å². The molecule has 1 aromatic rings. The first-order valence-corrected chi connectivity index (χ1v) is 6.73. The Labute approximate surface area is 114 Å². The van der Waals surface area contributed by atoms with E-state index in [0.717, 1.165) is 24.2 Å². The molecule has 0 bridgehead atoms. The Kier molecular flexibility index (Phi) is 4.10. The largest absolute Gasteiger partial charge is 0.496 e. The van der Waals surface area contributed by atoms with Crippen molar-refractivity contribution < 1.29 is 9.53 Å². The summed E-state index contributed by atoms with van der Waals surface area (Å²) in [6, 6.07) is 5.47. The number of rotatable bonds is 5. The Morgan fingerprint density at radius 1 is 1.47 bits per heavy atom. The third-order valence-corrected chi connectivity index (χ3v) is 4.13. The van der Waals surface area contributed by atoms with Crippen molar-refractivity contribution in [1.82, 2.24) is 5.32 Å². The number of nitrogens with two attached hydrogens (primary N) is 1. The molecule has 0 aromatic heterocycles. The summed E-state index contributed by atoms with van der Waals surface area (Å²) in [6.45, 7) is 3.26. The maximum atomic E-state index is 12.1. The van der Waals surface area contributed by atoms with Crippen LogP contribution in [-0.4, -0.2) is 26.1 Å². The molecule has 0 atom stereocenters. The van der Waals surface area contributed by atoms with E-state index >= 15 is 0 Å². The maximum Gasteiger partial charge on any atom is 0.251 e.